The Kier molecular flexibility index (Phi) is 8.50. The smallest absolute Gasteiger partial charge is 0.251 e. The van der Waals surface area contributed by atoms with Gasteiger partial charge in [0.1, 0.15) is 0 Å². The molecule has 3 heterocycles. The Balaban J connectivity index is 1.35. The first-order valence-electron chi connectivity index (χ1n) is 15.0. The van der Waals surface area contributed by atoms with Crippen LogP contribution in [-0.2, 0) is 26.2 Å². The number of nitrogens with zero attached hydrogens (tertiary/aromatic N) is 4. The van der Waals surface area contributed by atoms with Gasteiger partial charge in [0.25, 0.3) is 5.56 Å². The van der Waals surface area contributed by atoms with Gasteiger partial charge in [0.15, 0.2) is 5.60 Å². The summed E-state index contributed by atoms with van der Waals surface area (Å²) in [5.41, 5.74) is 4.00. The van der Waals surface area contributed by atoms with E-state index in [1.165, 1.54) is 25.9 Å². The summed E-state index contributed by atoms with van der Waals surface area (Å²) in [4.78, 5) is 19.8. The highest BCUT2D eigenvalue weighted by Gasteiger charge is 2.37. The SMILES string of the molecule is Cn1cncc1C(O)(c1ccc(CNCCCN2CCCC2)cc1)c1ccc2c(c1)c(-c1cccc(Cl)c1)cc(=O)n2C. The summed E-state index contributed by atoms with van der Waals surface area (Å²) in [6, 6.07) is 23.0. The number of aryl methyl sites for hydroxylation is 2. The molecule has 1 atom stereocenters. The van der Waals surface area contributed by atoms with Gasteiger partial charge in [-0.1, -0.05) is 54.1 Å². The van der Waals surface area contributed by atoms with Gasteiger partial charge >= 0.3 is 0 Å². The standard InChI is InChI=1S/C35H38ClN5O2/c1-39-24-38-23-33(39)35(43,27-11-9-25(10-12-27)22-37-15-6-18-41-16-3-4-17-41)28-13-14-32-31(20-28)30(21-34(42)40(32)2)26-7-5-8-29(36)19-26/h5,7-14,19-21,23-24,37,43H,3-4,6,15-18,22H2,1-2H3. The van der Waals surface area contributed by atoms with Gasteiger partial charge in [-0.05, 0) is 97.5 Å². The zero-order valence-corrected chi connectivity index (χ0v) is 25.5. The molecule has 0 amide bonds. The number of benzene rings is 3. The fourth-order valence-corrected chi connectivity index (χ4v) is 6.47. The van der Waals surface area contributed by atoms with E-state index >= 15 is 0 Å². The summed E-state index contributed by atoms with van der Waals surface area (Å²) in [6.07, 6.45) is 7.20. The van der Waals surface area contributed by atoms with Gasteiger partial charge < -0.3 is 24.5 Å². The summed E-state index contributed by atoms with van der Waals surface area (Å²) < 4.78 is 3.47. The van der Waals surface area contributed by atoms with E-state index in [1.54, 1.807) is 30.2 Å². The number of hydrogen-bond acceptors (Lipinski definition) is 5. The van der Waals surface area contributed by atoms with Crippen LogP contribution in [0.1, 0.15) is 41.6 Å². The number of hydrogen-bond donors (Lipinski definition) is 2. The second-order valence-electron chi connectivity index (χ2n) is 11.6. The average molecular weight is 596 g/mol. The van der Waals surface area contributed by atoms with Crippen LogP contribution >= 0.6 is 11.6 Å². The van der Waals surface area contributed by atoms with E-state index < -0.39 is 5.60 Å². The van der Waals surface area contributed by atoms with Crippen LogP contribution in [0.5, 0.6) is 0 Å². The summed E-state index contributed by atoms with van der Waals surface area (Å²) in [5.74, 6) is 0. The lowest BCUT2D eigenvalue weighted by Crippen LogP contribution is -2.31. The van der Waals surface area contributed by atoms with E-state index in [0.29, 0.717) is 16.3 Å². The van der Waals surface area contributed by atoms with Crippen LogP contribution < -0.4 is 10.9 Å². The van der Waals surface area contributed by atoms with Gasteiger partial charge in [0, 0.05) is 37.1 Å². The van der Waals surface area contributed by atoms with Crippen LogP contribution in [-0.4, -0.2) is 50.3 Å². The molecular formula is C35H38ClN5O2. The second-order valence-corrected chi connectivity index (χ2v) is 12.0. The highest BCUT2D eigenvalue weighted by molar-refractivity contribution is 6.30. The zero-order chi connectivity index (χ0) is 30.0. The Morgan fingerprint density at radius 1 is 0.977 bits per heavy atom. The Bertz CT molecular complexity index is 1790. The third kappa shape index (κ3) is 5.91. The van der Waals surface area contributed by atoms with Gasteiger partial charge in [0.05, 0.1) is 23.7 Å². The molecule has 6 rings (SSSR count). The molecule has 8 heteroatoms. The minimum Gasteiger partial charge on any atom is -0.374 e. The van der Waals surface area contributed by atoms with E-state index in [-0.39, 0.29) is 5.56 Å². The van der Waals surface area contributed by atoms with Crippen LogP contribution in [0.2, 0.25) is 5.02 Å². The number of imidazole rings is 1. The predicted molar refractivity (Wildman–Crippen MR) is 173 cm³/mol. The maximum Gasteiger partial charge on any atom is 0.251 e. The molecule has 7 nitrogen and oxygen atoms in total. The lowest BCUT2D eigenvalue weighted by molar-refractivity contribution is 0.117. The van der Waals surface area contributed by atoms with Crippen LogP contribution in [0.3, 0.4) is 0 Å². The van der Waals surface area contributed by atoms with Crippen molar-refractivity contribution in [2.24, 2.45) is 14.1 Å². The maximum atomic E-state index is 12.9. The summed E-state index contributed by atoms with van der Waals surface area (Å²) >= 11 is 6.33. The molecule has 1 aliphatic rings. The van der Waals surface area contributed by atoms with Crippen molar-refractivity contribution < 1.29 is 5.11 Å². The number of aliphatic hydroxyl groups is 1. The number of fused-ring (bicyclic) bond motifs is 1. The molecule has 5 aromatic rings. The molecule has 0 spiro atoms. The summed E-state index contributed by atoms with van der Waals surface area (Å²) in [5, 5.41) is 17.7. The van der Waals surface area contributed by atoms with Crippen LogP contribution in [0.25, 0.3) is 22.0 Å². The molecule has 1 unspecified atom stereocenters. The zero-order valence-electron chi connectivity index (χ0n) is 24.8. The second kappa shape index (κ2) is 12.5. The third-order valence-corrected chi connectivity index (χ3v) is 8.95. The number of halogens is 1. The number of nitrogens with one attached hydrogen (secondary N) is 1. The third-order valence-electron chi connectivity index (χ3n) is 8.71. The Hall–Kier alpha value is -3.75. The molecule has 0 radical (unpaired) electrons. The molecule has 0 bridgehead atoms. The highest BCUT2D eigenvalue weighted by atomic mass is 35.5. The fraction of sp³-hybridized carbons (Fsp3) is 0.314. The molecule has 2 N–H and O–H groups in total. The largest absolute Gasteiger partial charge is 0.374 e. The van der Waals surface area contributed by atoms with Crippen molar-refractivity contribution in [2.75, 3.05) is 26.2 Å². The van der Waals surface area contributed by atoms with Crippen LogP contribution in [0, 0.1) is 0 Å². The Morgan fingerprint density at radius 2 is 1.74 bits per heavy atom. The highest BCUT2D eigenvalue weighted by Crippen LogP contribution is 2.39. The molecule has 43 heavy (non-hydrogen) atoms. The molecular weight excluding hydrogens is 558 g/mol. The minimum absolute atomic E-state index is 0.114. The van der Waals surface area contributed by atoms with Crippen molar-refractivity contribution in [3.8, 4) is 11.1 Å². The van der Waals surface area contributed by atoms with Gasteiger partial charge in [-0.15, -0.1) is 0 Å². The van der Waals surface area contributed by atoms with Crippen molar-refractivity contribution in [3.63, 3.8) is 0 Å². The first kappa shape index (κ1) is 29.3. The van der Waals surface area contributed by atoms with Crippen molar-refractivity contribution in [2.45, 2.75) is 31.4 Å². The predicted octanol–water partition coefficient (Wildman–Crippen LogP) is 5.45. The summed E-state index contributed by atoms with van der Waals surface area (Å²) in [7, 11) is 3.65. The monoisotopic (exact) mass is 595 g/mol. The molecule has 1 saturated heterocycles. The quantitative estimate of drug-likeness (QED) is 0.210. The molecule has 0 saturated carbocycles. The van der Waals surface area contributed by atoms with Crippen molar-refractivity contribution in [1.82, 2.24) is 24.3 Å². The lowest BCUT2D eigenvalue weighted by Gasteiger charge is -2.30. The van der Waals surface area contributed by atoms with Gasteiger partial charge in [-0.2, -0.15) is 0 Å². The number of likely N-dealkylation sites (tertiary alicyclic amines) is 1. The average Bonchev–Trinajstić information content (AvgIpc) is 3.70. The maximum absolute atomic E-state index is 12.9. The van der Waals surface area contributed by atoms with Crippen LogP contribution in [0.4, 0.5) is 0 Å². The van der Waals surface area contributed by atoms with Gasteiger partial charge in [-0.3, -0.25) is 4.79 Å². The fourth-order valence-electron chi connectivity index (χ4n) is 6.28. The topological polar surface area (TPSA) is 75.3 Å². The van der Waals surface area contributed by atoms with Gasteiger partial charge in [0.2, 0.25) is 0 Å². The van der Waals surface area contributed by atoms with Crippen molar-refractivity contribution in [3.05, 3.63) is 123 Å². The molecule has 0 aliphatic carbocycles. The number of rotatable bonds is 10. The molecule has 1 fully saturated rings. The first-order valence-corrected chi connectivity index (χ1v) is 15.3. The van der Waals surface area contributed by atoms with Gasteiger partial charge in [-0.25, -0.2) is 4.98 Å². The number of pyridine rings is 1. The Labute approximate surface area is 257 Å². The molecule has 2 aromatic heterocycles. The molecule has 222 valence electrons. The van der Waals surface area contributed by atoms with Crippen LogP contribution in [0.15, 0.2) is 90.1 Å². The van der Waals surface area contributed by atoms with E-state index in [4.69, 9.17) is 11.6 Å². The van der Waals surface area contributed by atoms with E-state index in [2.05, 4.69) is 27.3 Å². The van der Waals surface area contributed by atoms with E-state index in [9.17, 15) is 9.90 Å². The van der Waals surface area contributed by atoms with E-state index in [0.717, 1.165) is 59.2 Å². The number of aromatic nitrogens is 3. The Morgan fingerprint density at radius 3 is 2.47 bits per heavy atom. The molecule has 1 aliphatic heterocycles. The lowest BCUT2D eigenvalue weighted by atomic mass is 9.82. The van der Waals surface area contributed by atoms with Crippen molar-refractivity contribution >= 4 is 22.5 Å². The minimum atomic E-state index is -1.48. The van der Waals surface area contributed by atoms with Crippen molar-refractivity contribution in [1.29, 1.82) is 0 Å². The first-order chi connectivity index (χ1) is 20.8. The van der Waals surface area contributed by atoms with E-state index in [1.807, 2.05) is 66.2 Å². The normalized spacial score (nSPS) is 15.3. The molecule has 3 aromatic carbocycles. The summed E-state index contributed by atoms with van der Waals surface area (Å²) in [6.45, 7) is 5.38.